The van der Waals surface area contributed by atoms with Gasteiger partial charge in [0, 0.05) is 18.7 Å². The van der Waals surface area contributed by atoms with E-state index in [1.165, 1.54) is 6.33 Å². The number of hydrogen-bond acceptors (Lipinski definition) is 10. The molecule has 1 amide bonds. The minimum atomic E-state index is -2.40. The summed E-state index contributed by atoms with van der Waals surface area (Å²) in [4.78, 5) is 27.0. The molecular weight excluding hydrogens is 785 g/mol. The maximum absolute atomic E-state index is 13.2. The number of rotatable bonds is 17. The number of nitrogens with one attached hydrogen (secondary N) is 2. The van der Waals surface area contributed by atoms with Crippen LogP contribution in [0.2, 0.25) is 16.6 Å². The van der Waals surface area contributed by atoms with Gasteiger partial charge in [-0.15, -0.1) is 0 Å². The molecule has 7 rings (SSSR count). The summed E-state index contributed by atoms with van der Waals surface area (Å²) in [7, 11) is 0.931. The average Bonchev–Trinajstić information content (AvgIpc) is 3.73. The first-order valence-corrected chi connectivity index (χ1v) is 23.2. The second-order valence-electron chi connectivity index (χ2n) is 16.7. The molecular formula is C48H58N6O6Si. The molecule has 320 valence electrons. The molecule has 2 N–H and O–H groups in total. The minimum absolute atomic E-state index is 0.141. The molecule has 0 radical (unpaired) electrons. The molecule has 2 aromatic heterocycles. The Balaban J connectivity index is 1.32. The van der Waals surface area contributed by atoms with Gasteiger partial charge in [-0.1, -0.05) is 114 Å². The first-order chi connectivity index (χ1) is 29.5. The number of aromatic nitrogens is 4. The highest BCUT2D eigenvalue weighted by atomic mass is 28.4. The topological polar surface area (TPSA) is 131 Å². The molecule has 0 spiro atoms. The first kappa shape index (κ1) is 43.6. The van der Waals surface area contributed by atoms with Crippen LogP contribution in [-0.4, -0.2) is 79.9 Å². The van der Waals surface area contributed by atoms with Gasteiger partial charge >= 0.3 is 0 Å². The lowest BCUT2D eigenvalue weighted by molar-refractivity contribution is -0.201. The van der Waals surface area contributed by atoms with E-state index < -0.39 is 25.7 Å². The van der Waals surface area contributed by atoms with Crippen molar-refractivity contribution in [1.82, 2.24) is 24.8 Å². The van der Waals surface area contributed by atoms with E-state index in [2.05, 4.69) is 98.5 Å². The molecule has 2 atom stereocenters. The average molecular weight is 843 g/mol. The van der Waals surface area contributed by atoms with Gasteiger partial charge in [-0.05, 0) is 69.7 Å². The third kappa shape index (κ3) is 8.71. The first-order valence-electron chi connectivity index (χ1n) is 21.0. The predicted molar refractivity (Wildman–Crippen MR) is 241 cm³/mol. The second kappa shape index (κ2) is 18.7. The van der Waals surface area contributed by atoms with Crippen molar-refractivity contribution in [3.8, 4) is 11.5 Å². The third-order valence-electron chi connectivity index (χ3n) is 12.1. The molecule has 13 heteroatoms. The van der Waals surface area contributed by atoms with Gasteiger partial charge in [0.2, 0.25) is 0 Å². The SMILES string of the molecule is COc1ccc(C(OC[C@]2(CO[Si](C(C)C)(C(C)C)C(C)C)CNC[C@H](n3cnc4c(NC(=O)c5ccccc5)ncnc43)O2)(c2ccccc2)c2ccc(OC)cc2)cc1. The van der Waals surface area contributed by atoms with Crippen molar-refractivity contribution < 1.29 is 28.2 Å². The van der Waals surface area contributed by atoms with Crippen LogP contribution < -0.4 is 20.1 Å². The highest BCUT2D eigenvalue weighted by Gasteiger charge is 2.50. The maximum atomic E-state index is 13.2. The molecule has 4 aromatic carbocycles. The lowest BCUT2D eigenvalue weighted by Crippen LogP contribution is -2.61. The van der Waals surface area contributed by atoms with Crippen LogP contribution >= 0.6 is 0 Å². The van der Waals surface area contributed by atoms with Gasteiger partial charge in [0.15, 0.2) is 25.3 Å². The van der Waals surface area contributed by atoms with E-state index in [4.69, 9.17) is 28.4 Å². The summed E-state index contributed by atoms with van der Waals surface area (Å²) < 4.78 is 35.5. The molecule has 12 nitrogen and oxygen atoms in total. The molecule has 1 fully saturated rings. The molecule has 0 unspecified atom stereocenters. The molecule has 3 heterocycles. The van der Waals surface area contributed by atoms with Gasteiger partial charge in [-0.3, -0.25) is 9.36 Å². The number of morpholine rings is 1. The van der Waals surface area contributed by atoms with Crippen LogP contribution in [0.25, 0.3) is 11.2 Å². The van der Waals surface area contributed by atoms with Crippen LogP contribution in [0, 0.1) is 0 Å². The Hall–Kier alpha value is -5.44. The van der Waals surface area contributed by atoms with Crippen LogP contribution in [0.15, 0.2) is 122 Å². The standard InChI is InChI=1S/C48H58N6O6Si/c1-33(2)61(34(3)4,35(5)6)59-30-47(28-49-27-42(60-47)54-32-52-43-44(50-31-51-45(43)54)53-46(55)36-15-11-9-12-16-36)29-58-48(37-17-13-10-14-18-37,38-19-23-40(56-7)24-20-38)39-21-25-41(57-8)26-22-39/h9-26,31-35,42,49H,27-30H2,1-8H3,(H,50,51,53,55)/t42-,47+/m1/s1. The molecule has 0 bridgehead atoms. The highest BCUT2D eigenvalue weighted by molar-refractivity contribution is 6.77. The molecule has 1 aliphatic heterocycles. The second-order valence-corrected chi connectivity index (χ2v) is 22.1. The highest BCUT2D eigenvalue weighted by Crippen LogP contribution is 2.46. The van der Waals surface area contributed by atoms with E-state index in [0.29, 0.717) is 52.3 Å². The zero-order chi connectivity index (χ0) is 43.2. The maximum Gasteiger partial charge on any atom is 0.256 e. The number of imidazole rings is 1. The van der Waals surface area contributed by atoms with E-state index >= 15 is 0 Å². The number of nitrogens with zero attached hydrogens (tertiary/aromatic N) is 4. The third-order valence-corrected chi connectivity index (χ3v) is 18.2. The summed E-state index contributed by atoms with van der Waals surface area (Å²) in [5.41, 5.74) is 3.21. The van der Waals surface area contributed by atoms with Crippen LogP contribution in [0.4, 0.5) is 5.82 Å². The largest absolute Gasteiger partial charge is 0.497 e. The van der Waals surface area contributed by atoms with E-state index in [0.717, 1.165) is 28.2 Å². The Morgan fingerprint density at radius 3 is 1.90 bits per heavy atom. The number of carbonyl (C=O) groups is 1. The van der Waals surface area contributed by atoms with Crippen molar-refractivity contribution >= 4 is 31.2 Å². The van der Waals surface area contributed by atoms with Crippen LogP contribution in [0.1, 0.15) is 74.8 Å². The summed E-state index contributed by atoms with van der Waals surface area (Å²) in [6.07, 6.45) is 2.56. The van der Waals surface area contributed by atoms with E-state index in [1.54, 1.807) is 32.7 Å². The van der Waals surface area contributed by atoms with Gasteiger partial charge in [0.1, 0.15) is 35.3 Å². The van der Waals surface area contributed by atoms with Crippen molar-refractivity contribution in [1.29, 1.82) is 0 Å². The smallest absolute Gasteiger partial charge is 0.256 e. The van der Waals surface area contributed by atoms with Gasteiger partial charge in [0.25, 0.3) is 5.91 Å². The van der Waals surface area contributed by atoms with Gasteiger partial charge in [-0.25, -0.2) is 15.0 Å². The Morgan fingerprint density at radius 1 is 0.787 bits per heavy atom. The molecule has 0 saturated carbocycles. The quantitative estimate of drug-likeness (QED) is 0.0677. The predicted octanol–water partition coefficient (Wildman–Crippen LogP) is 9.15. The zero-order valence-electron chi connectivity index (χ0n) is 36.4. The minimum Gasteiger partial charge on any atom is -0.497 e. The number of methoxy groups -OCH3 is 2. The van der Waals surface area contributed by atoms with Gasteiger partial charge in [-0.2, -0.15) is 0 Å². The summed E-state index contributed by atoms with van der Waals surface area (Å²) in [5, 5.41) is 6.62. The van der Waals surface area contributed by atoms with Crippen LogP contribution in [0.5, 0.6) is 11.5 Å². The normalized spacial score (nSPS) is 17.3. The van der Waals surface area contributed by atoms with E-state index in [9.17, 15) is 4.79 Å². The summed E-state index contributed by atoms with van der Waals surface area (Å²) in [6.45, 7) is 15.1. The van der Waals surface area contributed by atoms with Gasteiger partial charge in [0.05, 0.1) is 33.8 Å². The molecule has 6 aromatic rings. The van der Waals surface area contributed by atoms with Crippen molar-refractivity contribution in [3.05, 3.63) is 144 Å². The van der Waals surface area contributed by atoms with Crippen molar-refractivity contribution in [2.24, 2.45) is 0 Å². The number of fused-ring (bicyclic) bond motifs is 1. The number of benzene rings is 4. The lowest BCUT2D eigenvalue weighted by atomic mass is 9.79. The Kier molecular flexibility index (Phi) is 13.4. The summed E-state index contributed by atoms with van der Waals surface area (Å²) >= 11 is 0. The zero-order valence-corrected chi connectivity index (χ0v) is 37.4. The number of amides is 1. The lowest BCUT2D eigenvalue weighted by Gasteiger charge is -2.48. The fourth-order valence-electron chi connectivity index (χ4n) is 9.16. The molecule has 1 saturated heterocycles. The molecule has 1 aliphatic rings. The molecule has 0 aliphatic carbocycles. The summed E-state index contributed by atoms with van der Waals surface area (Å²) in [5.74, 6) is 1.50. The van der Waals surface area contributed by atoms with Crippen molar-refractivity contribution in [2.45, 2.75) is 75.6 Å². The Morgan fingerprint density at radius 2 is 1.34 bits per heavy atom. The van der Waals surface area contributed by atoms with E-state index in [1.807, 2.05) is 65.2 Å². The number of ether oxygens (including phenoxy) is 4. The number of hydrogen-bond donors (Lipinski definition) is 2. The Labute approximate surface area is 360 Å². The molecule has 61 heavy (non-hydrogen) atoms. The van der Waals surface area contributed by atoms with Crippen molar-refractivity contribution in [3.63, 3.8) is 0 Å². The monoisotopic (exact) mass is 842 g/mol. The Bertz CT molecular complexity index is 2290. The van der Waals surface area contributed by atoms with Crippen molar-refractivity contribution in [2.75, 3.05) is 45.8 Å². The van der Waals surface area contributed by atoms with E-state index in [-0.39, 0.29) is 19.1 Å². The van der Waals surface area contributed by atoms with Gasteiger partial charge < -0.3 is 34.0 Å². The van der Waals surface area contributed by atoms with Crippen LogP contribution in [0.3, 0.4) is 0 Å². The summed E-state index contributed by atoms with van der Waals surface area (Å²) in [6, 6.07) is 35.4. The number of anilines is 1. The van der Waals surface area contributed by atoms with Crippen LogP contribution in [-0.2, 0) is 19.5 Å². The fourth-order valence-corrected chi connectivity index (χ4v) is 14.7. The number of carbonyl (C=O) groups excluding carboxylic acids is 1. The fraction of sp³-hybridized carbons (Fsp3) is 0.375.